The molecule has 0 aliphatic heterocycles. The molecular formula is C13H19N3O. The van der Waals surface area contributed by atoms with E-state index in [1.165, 1.54) is 12.0 Å². The smallest absolute Gasteiger partial charge is 0.150 e. The number of hydrogen-bond acceptors (Lipinski definition) is 3. The fraction of sp³-hybridized carbons (Fsp3) is 0.462. The molecule has 0 saturated heterocycles. The molecule has 4 nitrogen and oxygen atoms in total. The van der Waals surface area contributed by atoms with Crippen molar-refractivity contribution in [2.75, 3.05) is 0 Å². The standard InChI is InChI=1S/C13H19N3O/c1-3-5-16-6-4-12(10-16)8-14-9-13-7-11(2)15-17-13/h4,6-7,10,14H,3,5,8-9H2,1-2H3. The molecule has 0 radical (unpaired) electrons. The third-order valence-corrected chi connectivity index (χ3v) is 2.60. The largest absolute Gasteiger partial charge is 0.360 e. The van der Waals surface area contributed by atoms with Gasteiger partial charge in [-0.2, -0.15) is 0 Å². The zero-order valence-corrected chi connectivity index (χ0v) is 10.4. The number of rotatable bonds is 6. The van der Waals surface area contributed by atoms with Crippen molar-refractivity contribution in [1.82, 2.24) is 15.0 Å². The SMILES string of the molecule is CCCn1ccc(CNCc2cc(C)no2)c1. The first-order valence-electron chi connectivity index (χ1n) is 6.05. The quantitative estimate of drug-likeness (QED) is 0.833. The molecule has 17 heavy (non-hydrogen) atoms. The van der Waals surface area contributed by atoms with Gasteiger partial charge in [0.1, 0.15) is 0 Å². The molecule has 0 saturated carbocycles. The van der Waals surface area contributed by atoms with Crippen LogP contribution in [0.25, 0.3) is 0 Å². The number of nitrogens with one attached hydrogen (secondary N) is 1. The number of aryl methyl sites for hydroxylation is 2. The lowest BCUT2D eigenvalue weighted by molar-refractivity contribution is 0.369. The summed E-state index contributed by atoms with van der Waals surface area (Å²) in [5.41, 5.74) is 2.23. The zero-order valence-electron chi connectivity index (χ0n) is 10.4. The molecule has 0 aromatic carbocycles. The summed E-state index contributed by atoms with van der Waals surface area (Å²) in [5, 5.41) is 7.19. The van der Waals surface area contributed by atoms with E-state index in [-0.39, 0.29) is 0 Å². The molecule has 92 valence electrons. The van der Waals surface area contributed by atoms with Gasteiger partial charge in [0.25, 0.3) is 0 Å². The molecule has 0 aliphatic rings. The normalized spacial score (nSPS) is 10.9. The number of hydrogen-bond donors (Lipinski definition) is 1. The number of nitrogens with zero attached hydrogens (tertiary/aromatic N) is 2. The second-order valence-corrected chi connectivity index (χ2v) is 4.30. The van der Waals surface area contributed by atoms with Crippen molar-refractivity contribution in [2.45, 2.75) is 39.9 Å². The third kappa shape index (κ3) is 3.46. The predicted octanol–water partition coefficient (Wildman–Crippen LogP) is 2.48. The van der Waals surface area contributed by atoms with Crippen LogP contribution in [0.3, 0.4) is 0 Å². The Labute approximate surface area is 102 Å². The summed E-state index contributed by atoms with van der Waals surface area (Å²) in [6.07, 6.45) is 5.47. The van der Waals surface area contributed by atoms with Gasteiger partial charge >= 0.3 is 0 Å². The molecule has 0 atom stereocenters. The van der Waals surface area contributed by atoms with E-state index in [1.54, 1.807) is 0 Å². The Balaban J connectivity index is 1.77. The second-order valence-electron chi connectivity index (χ2n) is 4.30. The third-order valence-electron chi connectivity index (χ3n) is 2.60. The molecule has 2 heterocycles. The van der Waals surface area contributed by atoms with E-state index >= 15 is 0 Å². The molecule has 1 N–H and O–H groups in total. The van der Waals surface area contributed by atoms with Crippen LogP contribution >= 0.6 is 0 Å². The van der Waals surface area contributed by atoms with E-state index < -0.39 is 0 Å². The summed E-state index contributed by atoms with van der Waals surface area (Å²) in [4.78, 5) is 0. The first-order chi connectivity index (χ1) is 8.28. The van der Waals surface area contributed by atoms with Crippen LogP contribution < -0.4 is 5.32 Å². The van der Waals surface area contributed by atoms with Crippen LogP contribution in [0, 0.1) is 6.92 Å². The molecule has 0 unspecified atom stereocenters. The van der Waals surface area contributed by atoms with Crippen LogP contribution in [0.5, 0.6) is 0 Å². The first kappa shape index (κ1) is 11.9. The van der Waals surface area contributed by atoms with Crippen LogP contribution in [-0.2, 0) is 19.6 Å². The summed E-state index contributed by atoms with van der Waals surface area (Å²) >= 11 is 0. The maximum atomic E-state index is 5.13. The molecule has 4 heteroatoms. The van der Waals surface area contributed by atoms with Crippen molar-refractivity contribution in [2.24, 2.45) is 0 Å². The number of aromatic nitrogens is 2. The minimum atomic E-state index is 0.722. The minimum Gasteiger partial charge on any atom is -0.360 e. The molecule has 2 rings (SSSR count). The molecule has 2 aromatic rings. The van der Waals surface area contributed by atoms with Gasteiger partial charge in [0.05, 0.1) is 12.2 Å². The van der Waals surface area contributed by atoms with Crippen LogP contribution in [0.1, 0.15) is 30.4 Å². The van der Waals surface area contributed by atoms with Crippen molar-refractivity contribution in [1.29, 1.82) is 0 Å². The molecule has 0 aliphatic carbocycles. The highest BCUT2D eigenvalue weighted by Gasteiger charge is 2.00. The molecule has 2 aromatic heterocycles. The Morgan fingerprint density at radius 1 is 1.41 bits per heavy atom. The van der Waals surface area contributed by atoms with Crippen LogP contribution in [0.15, 0.2) is 29.0 Å². The topological polar surface area (TPSA) is 43.0 Å². The van der Waals surface area contributed by atoms with Gasteiger partial charge in [-0.1, -0.05) is 12.1 Å². The maximum absolute atomic E-state index is 5.13. The Bertz CT molecular complexity index is 459. The van der Waals surface area contributed by atoms with Crippen molar-refractivity contribution < 1.29 is 4.52 Å². The summed E-state index contributed by atoms with van der Waals surface area (Å²) in [6, 6.07) is 4.10. The van der Waals surface area contributed by atoms with E-state index in [0.29, 0.717) is 0 Å². The monoisotopic (exact) mass is 233 g/mol. The van der Waals surface area contributed by atoms with Crippen LogP contribution in [0.2, 0.25) is 0 Å². The average molecular weight is 233 g/mol. The molecule has 0 bridgehead atoms. The highest BCUT2D eigenvalue weighted by molar-refractivity contribution is 5.10. The van der Waals surface area contributed by atoms with Crippen molar-refractivity contribution in [3.8, 4) is 0 Å². The molecule has 0 spiro atoms. The fourth-order valence-corrected chi connectivity index (χ4v) is 1.82. The lowest BCUT2D eigenvalue weighted by atomic mass is 10.3. The van der Waals surface area contributed by atoms with Crippen molar-refractivity contribution in [3.05, 3.63) is 41.5 Å². The van der Waals surface area contributed by atoms with Gasteiger partial charge in [0.15, 0.2) is 5.76 Å². The molecular weight excluding hydrogens is 214 g/mol. The van der Waals surface area contributed by atoms with Crippen LogP contribution in [-0.4, -0.2) is 9.72 Å². The maximum Gasteiger partial charge on any atom is 0.150 e. The Morgan fingerprint density at radius 3 is 3.00 bits per heavy atom. The van der Waals surface area contributed by atoms with Gasteiger partial charge in [-0.15, -0.1) is 0 Å². The fourth-order valence-electron chi connectivity index (χ4n) is 1.82. The van der Waals surface area contributed by atoms with Gasteiger partial charge in [-0.05, 0) is 25.0 Å². The Kier molecular flexibility index (Phi) is 3.98. The van der Waals surface area contributed by atoms with Crippen LogP contribution in [0.4, 0.5) is 0 Å². The molecule has 0 amide bonds. The lowest BCUT2D eigenvalue weighted by Crippen LogP contribution is -2.11. The van der Waals surface area contributed by atoms with Crippen molar-refractivity contribution >= 4 is 0 Å². The Morgan fingerprint density at radius 2 is 2.29 bits per heavy atom. The van der Waals surface area contributed by atoms with Gasteiger partial charge < -0.3 is 14.4 Å². The van der Waals surface area contributed by atoms with Gasteiger partial charge in [-0.25, -0.2) is 0 Å². The average Bonchev–Trinajstić information content (AvgIpc) is 2.89. The summed E-state index contributed by atoms with van der Waals surface area (Å²) in [5.74, 6) is 0.885. The van der Waals surface area contributed by atoms with Crippen molar-refractivity contribution in [3.63, 3.8) is 0 Å². The minimum absolute atomic E-state index is 0.722. The predicted molar refractivity (Wildman–Crippen MR) is 66.5 cm³/mol. The highest BCUT2D eigenvalue weighted by atomic mass is 16.5. The summed E-state index contributed by atoms with van der Waals surface area (Å²) < 4.78 is 7.35. The molecule has 0 fully saturated rings. The van der Waals surface area contributed by atoms with E-state index in [4.69, 9.17) is 4.52 Å². The van der Waals surface area contributed by atoms with E-state index in [1.807, 2.05) is 13.0 Å². The van der Waals surface area contributed by atoms with E-state index in [2.05, 4.69) is 40.4 Å². The summed E-state index contributed by atoms with van der Waals surface area (Å²) in [6.45, 7) is 6.78. The summed E-state index contributed by atoms with van der Waals surface area (Å²) in [7, 11) is 0. The zero-order chi connectivity index (χ0) is 12.1. The van der Waals surface area contributed by atoms with E-state index in [0.717, 1.165) is 31.1 Å². The van der Waals surface area contributed by atoms with Gasteiger partial charge in [0, 0.05) is 31.5 Å². The highest BCUT2D eigenvalue weighted by Crippen LogP contribution is 2.04. The second kappa shape index (κ2) is 5.68. The first-order valence-corrected chi connectivity index (χ1v) is 6.05. The van der Waals surface area contributed by atoms with E-state index in [9.17, 15) is 0 Å². The lowest BCUT2D eigenvalue weighted by Gasteiger charge is -2.00. The van der Waals surface area contributed by atoms with Gasteiger partial charge in [0.2, 0.25) is 0 Å². The Hall–Kier alpha value is -1.55. The van der Waals surface area contributed by atoms with Gasteiger partial charge in [-0.3, -0.25) is 0 Å².